The van der Waals surface area contributed by atoms with Gasteiger partial charge in [0.2, 0.25) is 5.91 Å². The molecular formula is C17H23N3O4. The predicted molar refractivity (Wildman–Crippen MR) is 87.1 cm³/mol. The van der Waals surface area contributed by atoms with Gasteiger partial charge in [-0.1, -0.05) is 0 Å². The van der Waals surface area contributed by atoms with Gasteiger partial charge in [0.05, 0.1) is 25.6 Å². The first-order chi connectivity index (χ1) is 11.7. The minimum Gasteiger partial charge on any atom is -0.467 e. The quantitative estimate of drug-likeness (QED) is 0.781. The number of hydrogen-bond donors (Lipinski definition) is 2. The van der Waals surface area contributed by atoms with Gasteiger partial charge in [0.25, 0.3) is 0 Å². The summed E-state index contributed by atoms with van der Waals surface area (Å²) < 4.78 is 10.4. The number of carbonyl (C=O) groups excluding carboxylic acids is 1. The predicted octanol–water partition coefficient (Wildman–Crippen LogP) is 0.840. The van der Waals surface area contributed by atoms with Crippen LogP contribution in [-0.2, 0) is 11.3 Å². The fraction of sp³-hybridized carbons (Fsp3) is 0.471. The lowest BCUT2D eigenvalue weighted by Crippen LogP contribution is -2.50. The van der Waals surface area contributed by atoms with Crippen molar-refractivity contribution in [3.05, 3.63) is 48.3 Å². The van der Waals surface area contributed by atoms with E-state index in [0.717, 1.165) is 31.9 Å². The maximum Gasteiger partial charge on any atom is 0.234 e. The molecule has 130 valence electrons. The Kier molecular flexibility index (Phi) is 5.68. The maximum absolute atomic E-state index is 12.0. The fourth-order valence-electron chi connectivity index (χ4n) is 2.80. The molecule has 0 aliphatic carbocycles. The van der Waals surface area contributed by atoms with Gasteiger partial charge in [-0.15, -0.1) is 0 Å². The number of hydrogen-bond acceptors (Lipinski definition) is 6. The topological polar surface area (TPSA) is 82.1 Å². The molecule has 3 heterocycles. The van der Waals surface area contributed by atoms with Crippen LogP contribution in [0.1, 0.15) is 17.6 Å². The number of nitrogens with zero attached hydrogens (tertiary/aromatic N) is 2. The molecule has 1 aliphatic heterocycles. The molecule has 1 atom stereocenters. The Morgan fingerprint density at radius 1 is 1.12 bits per heavy atom. The summed E-state index contributed by atoms with van der Waals surface area (Å²) in [5.41, 5.74) is 0. The second-order valence-corrected chi connectivity index (χ2v) is 5.96. The minimum absolute atomic E-state index is 0.00419. The highest BCUT2D eigenvalue weighted by Crippen LogP contribution is 2.15. The van der Waals surface area contributed by atoms with Gasteiger partial charge in [-0.05, 0) is 24.3 Å². The minimum atomic E-state index is -0.608. The van der Waals surface area contributed by atoms with E-state index < -0.39 is 6.10 Å². The summed E-state index contributed by atoms with van der Waals surface area (Å²) in [6.45, 7) is 4.60. The molecule has 7 nitrogen and oxygen atoms in total. The summed E-state index contributed by atoms with van der Waals surface area (Å²) in [7, 11) is 0. The van der Waals surface area contributed by atoms with Gasteiger partial charge in [-0.3, -0.25) is 14.6 Å². The first kappa shape index (κ1) is 16.8. The van der Waals surface area contributed by atoms with E-state index in [0.29, 0.717) is 25.4 Å². The van der Waals surface area contributed by atoms with E-state index in [1.807, 2.05) is 6.07 Å². The van der Waals surface area contributed by atoms with Gasteiger partial charge in [0, 0.05) is 32.7 Å². The van der Waals surface area contributed by atoms with Crippen molar-refractivity contribution in [1.29, 1.82) is 0 Å². The number of furan rings is 2. The van der Waals surface area contributed by atoms with Gasteiger partial charge in [-0.2, -0.15) is 0 Å². The Bertz CT molecular complexity index is 604. The van der Waals surface area contributed by atoms with E-state index in [4.69, 9.17) is 8.83 Å². The van der Waals surface area contributed by atoms with Crippen LogP contribution in [0.5, 0.6) is 0 Å². The molecule has 2 aromatic rings. The van der Waals surface area contributed by atoms with E-state index in [1.54, 1.807) is 30.7 Å². The van der Waals surface area contributed by atoms with Crippen molar-refractivity contribution in [3.63, 3.8) is 0 Å². The molecule has 0 spiro atoms. The molecule has 2 N–H and O–H groups in total. The van der Waals surface area contributed by atoms with Crippen molar-refractivity contribution < 1.29 is 18.7 Å². The Balaban J connectivity index is 1.35. The lowest BCUT2D eigenvalue weighted by Gasteiger charge is -2.34. The van der Waals surface area contributed by atoms with Crippen LogP contribution in [0.25, 0.3) is 0 Å². The van der Waals surface area contributed by atoms with Crippen LogP contribution in [0.2, 0.25) is 0 Å². The molecule has 1 amide bonds. The van der Waals surface area contributed by atoms with Gasteiger partial charge < -0.3 is 19.3 Å². The fourth-order valence-corrected chi connectivity index (χ4v) is 2.80. The molecule has 0 aromatic carbocycles. The molecular weight excluding hydrogens is 310 g/mol. The summed E-state index contributed by atoms with van der Waals surface area (Å²) in [5.74, 6) is 1.34. The Labute approximate surface area is 140 Å². The highest BCUT2D eigenvalue weighted by atomic mass is 16.4. The highest BCUT2D eigenvalue weighted by Gasteiger charge is 2.22. The molecule has 3 rings (SSSR count). The van der Waals surface area contributed by atoms with Crippen molar-refractivity contribution in [1.82, 2.24) is 15.1 Å². The number of carbonyl (C=O) groups is 1. The number of aliphatic hydroxyl groups excluding tert-OH is 1. The number of amides is 1. The standard InChI is InChI=1S/C17H23N3O4/c21-15(16-4-2-10-24-16)12-19-5-7-20(8-6-19)13-17(22)18-11-14-3-1-9-23-14/h1-4,9-10,15,21H,5-8,11-13H2,(H,18,22)/t15-/m0/s1. The lowest BCUT2D eigenvalue weighted by atomic mass is 10.2. The van der Waals surface area contributed by atoms with E-state index in [9.17, 15) is 9.90 Å². The van der Waals surface area contributed by atoms with Crippen molar-refractivity contribution >= 4 is 5.91 Å². The van der Waals surface area contributed by atoms with E-state index in [2.05, 4.69) is 15.1 Å². The van der Waals surface area contributed by atoms with Crippen LogP contribution in [0.4, 0.5) is 0 Å². The lowest BCUT2D eigenvalue weighted by molar-refractivity contribution is -0.123. The highest BCUT2D eigenvalue weighted by molar-refractivity contribution is 5.77. The smallest absolute Gasteiger partial charge is 0.234 e. The van der Waals surface area contributed by atoms with Crippen molar-refractivity contribution in [2.45, 2.75) is 12.6 Å². The van der Waals surface area contributed by atoms with Gasteiger partial charge in [0.1, 0.15) is 17.6 Å². The van der Waals surface area contributed by atoms with Gasteiger partial charge in [-0.25, -0.2) is 0 Å². The van der Waals surface area contributed by atoms with Crippen LogP contribution in [0.3, 0.4) is 0 Å². The normalized spacial score (nSPS) is 17.7. The van der Waals surface area contributed by atoms with Crippen molar-refractivity contribution in [3.8, 4) is 0 Å². The molecule has 2 aromatic heterocycles. The van der Waals surface area contributed by atoms with E-state index in [1.165, 1.54) is 0 Å². The monoisotopic (exact) mass is 333 g/mol. The zero-order valence-corrected chi connectivity index (χ0v) is 13.6. The second-order valence-electron chi connectivity index (χ2n) is 5.96. The van der Waals surface area contributed by atoms with Crippen LogP contribution in [0.15, 0.2) is 45.6 Å². The van der Waals surface area contributed by atoms with Crippen LogP contribution >= 0.6 is 0 Å². The van der Waals surface area contributed by atoms with Crippen molar-refractivity contribution in [2.24, 2.45) is 0 Å². The third-order valence-electron chi connectivity index (χ3n) is 4.17. The first-order valence-corrected chi connectivity index (χ1v) is 8.16. The van der Waals surface area contributed by atoms with Gasteiger partial charge >= 0.3 is 0 Å². The zero-order valence-electron chi connectivity index (χ0n) is 13.6. The molecule has 0 radical (unpaired) electrons. The average Bonchev–Trinajstić information content (AvgIpc) is 3.28. The van der Waals surface area contributed by atoms with Crippen LogP contribution < -0.4 is 5.32 Å². The average molecular weight is 333 g/mol. The molecule has 1 aliphatic rings. The molecule has 7 heteroatoms. The molecule has 1 fully saturated rings. The largest absolute Gasteiger partial charge is 0.467 e. The molecule has 0 saturated carbocycles. The third-order valence-corrected chi connectivity index (χ3v) is 4.17. The first-order valence-electron chi connectivity index (χ1n) is 8.16. The third kappa shape index (κ3) is 4.70. The number of aliphatic hydroxyl groups is 1. The molecule has 0 unspecified atom stereocenters. The molecule has 24 heavy (non-hydrogen) atoms. The zero-order chi connectivity index (χ0) is 16.8. The SMILES string of the molecule is O=C(CN1CCN(C[C@H](O)c2ccco2)CC1)NCc1ccco1. The Morgan fingerprint density at radius 2 is 1.83 bits per heavy atom. The Hall–Kier alpha value is -2.09. The number of rotatable bonds is 7. The molecule has 0 bridgehead atoms. The van der Waals surface area contributed by atoms with Crippen molar-refractivity contribution in [2.75, 3.05) is 39.3 Å². The summed E-state index contributed by atoms with van der Waals surface area (Å²) >= 11 is 0. The van der Waals surface area contributed by atoms with Crippen LogP contribution in [0, 0.1) is 0 Å². The summed E-state index contributed by atoms with van der Waals surface area (Å²) in [6, 6.07) is 7.20. The molecule has 1 saturated heterocycles. The Morgan fingerprint density at radius 3 is 2.50 bits per heavy atom. The van der Waals surface area contributed by atoms with E-state index in [-0.39, 0.29) is 5.91 Å². The summed E-state index contributed by atoms with van der Waals surface area (Å²) in [5, 5.41) is 13.0. The second kappa shape index (κ2) is 8.14. The maximum atomic E-state index is 12.0. The summed E-state index contributed by atoms with van der Waals surface area (Å²) in [6.07, 6.45) is 2.55. The number of piperazine rings is 1. The van der Waals surface area contributed by atoms with Gasteiger partial charge in [0.15, 0.2) is 0 Å². The number of β-amino-alcohol motifs (C(OH)–C–C–N with tert-alkyl or cyclic N) is 1. The summed E-state index contributed by atoms with van der Waals surface area (Å²) in [4.78, 5) is 16.3. The van der Waals surface area contributed by atoms with E-state index >= 15 is 0 Å². The van der Waals surface area contributed by atoms with Crippen LogP contribution in [-0.4, -0.2) is 60.1 Å². The number of nitrogens with one attached hydrogen (secondary N) is 1.